The minimum Gasteiger partial charge on any atom is -0.399 e. The second-order valence-corrected chi connectivity index (χ2v) is 8.80. The number of fused-ring (bicyclic) bond motifs is 4. The molecule has 5 rings (SSSR count). The van der Waals surface area contributed by atoms with Crippen molar-refractivity contribution in [2.45, 2.75) is 33.1 Å². The largest absolute Gasteiger partial charge is 0.399 e. The number of nitrogens with zero attached hydrogens (tertiary/aromatic N) is 2. The van der Waals surface area contributed by atoms with E-state index in [1.54, 1.807) is 0 Å². The van der Waals surface area contributed by atoms with Crippen molar-refractivity contribution in [3.8, 4) is 11.3 Å². The fourth-order valence-corrected chi connectivity index (χ4v) is 4.35. The molecule has 1 aliphatic carbocycles. The van der Waals surface area contributed by atoms with Crippen LogP contribution in [0.5, 0.6) is 0 Å². The fourth-order valence-electron chi connectivity index (χ4n) is 4.35. The first kappa shape index (κ1) is 20.9. The summed E-state index contributed by atoms with van der Waals surface area (Å²) in [4.78, 5) is 22.7. The number of hydrogen-bond donors (Lipinski definition) is 2. The average molecular weight is 435 g/mol. The number of aromatic nitrogens is 2. The van der Waals surface area contributed by atoms with Crippen LogP contribution in [0.3, 0.4) is 0 Å². The zero-order valence-corrected chi connectivity index (χ0v) is 18.9. The van der Waals surface area contributed by atoms with E-state index in [-0.39, 0.29) is 12.3 Å². The summed E-state index contributed by atoms with van der Waals surface area (Å²) in [6, 6.07) is 20.2. The Labute approximate surface area is 193 Å². The van der Waals surface area contributed by atoms with Crippen LogP contribution in [0.1, 0.15) is 36.4 Å². The maximum absolute atomic E-state index is 12.9. The molecule has 0 fully saturated rings. The molecule has 3 N–H and O–H groups in total. The van der Waals surface area contributed by atoms with E-state index in [2.05, 4.69) is 29.6 Å². The van der Waals surface area contributed by atoms with Gasteiger partial charge in [0.1, 0.15) is 5.69 Å². The van der Waals surface area contributed by atoms with Crippen molar-refractivity contribution >= 4 is 34.3 Å². The lowest BCUT2D eigenvalue weighted by molar-refractivity contribution is -0.115. The van der Waals surface area contributed by atoms with E-state index in [4.69, 9.17) is 15.7 Å². The topological polar surface area (TPSA) is 80.9 Å². The van der Waals surface area contributed by atoms with Gasteiger partial charge < -0.3 is 11.1 Å². The van der Waals surface area contributed by atoms with Gasteiger partial charge in [0, 0.05) is 11.3 Å². The van der Waals surface area contributed by atoms with Gasteiger partial charge in [-0.25, -0.2) is 9.97 Å². The number of hydrogen-bond acceptors (Lipinski definition) is 4. The molecule has 3 aromatic carbocycles. The van der Waals surface area contributed by atoms with E-state index in [9.17, 15) is 4.79 Å². The summed E-state index contributed by atoms with van der Waals surface area (Å²) < 4.78 is 0. The third-order valence-electron chi connectivity index (χ3n) is 5.87. The Bertz CT molecular complexity index is 1420. The first-order chi connectivity index (χ1) is 16.0. The molecule has 1 amide bonds. The van der Waals surface area contributed by atoms with Crippen LogP contribution in [-0.2, 0) is 24.1 Å². The van der Waals surface area contributed by atoms with Gasteiger partial charge in [0.2, 0.25) is 5.91 Å². The summed E-state index contributed by atoms with van der Waals surface area (Å²) in [5.41, 5.74) is 13.5. The van der Waals surface area contributed by atoms with E-state index in [0.29, 0.717) is 11.5 Å². The van der Waals surface area contributed by atoms with Crippen LogP contribution in [0.4, 0.5) is 11.5 Å². The van der Waals surface area contributed by atoms with Gasteiger partial charge in [0.15, 0.2) is 5.82 Å². The number of allylic oxidation sites excluding steroid dienone is 1. The highest BCUT2D eigenvalue weighted by molar-refractivity contribution is 5.94. The number of carbonyl (C=O) groups is 1. The summed E-state index contributed by atoms with van der Waals surface area (Å²) in [6.45, 7) is 4.02. The van der Waals surface area contributed by atoms with Gasteiger partial charge >= 0.3 is 0 Å². The van der Waals surface area contributed by atoms with Gasteiger partial charge in [-0.1, -0.05) is 54.1 Å². The van der Waals surface area contributed by atoms with Crippen molar-refractivity contribution in [1.29, 1.82) is 0 Å². The van der Waals surface area contributed by atoms with Gasteiger partial charge in [-0.15, -0.1) is 0 Å². The minimum atomic E-state index is -0.105. The number of benzene rings is 3. The standard InChI is InChI=1S/C28H26N4O/c1-17(2)13-25-28(31-24-12-9-21-16-22(29)10-11-23(21)27(24)30-25)32-26(33)15-18-7-8-19-5-3-4-6-20(19)14-18/h3-8,10-11,13-14,16H,9,12,15,29H2,1-2H3,(H,31,32,33). The van der Waals surface area contributed by atoms with Crippen molar-refractivity contribution in [1.82, 2.24) is 9.97 Å². The van der Waals surface area contributed by atoms with Crippen LogP contribution in [-0.4, -0.2) is 15.9 Å². The molecule has 5 heteroatoms. The Morgan fingerprint density at radius 2 is 1.82 bits per heavy atom. The summed E-state index contributed by atoms with van der Waals surface area (Å²) >= 11 is 0. The Balaban J connectivity index is 1.46. The van der Waals surface area contributed by atoms with Crippen LogP contribution in [0.25, 0.3) is 28.1 Å². The molecular formula is C28H26N4O. The number of nitrogens with two attached hydrogens (primary N) is 1. The van der Waals surface area contributed by atoms with E-state index < -0.39 is 0 Å². The van der Waals surface area contributed by atoms with Crippen molar-refractivity contribution in [3.63, 3.8) is 0 Å². The third kappa shape index (κ3) is 4.35. The van der Waals surface area contributed by atoms with Crippen LogP contribution in [0.2, 0.25) is 0 Å². The van der Waals surface area contributed by atoms with Gasteiger partial charge in [-0.3, -0.25) is 4.79 Å². The van der Waals surface area contributed by atoms with Crippen molar-refractivity contribution in [3.05, 3.63) is 88.8 Å². The normalized spacial score (nSPS) is 12.1. The smallest absolute Gasteiger partial charge is 0.230 e. The molecule has 33 heavy (non-hydrogen) atoms. The van der Waals surface area contributed by atoms with Gasteiger partial charge in [-0.05, 0) is 66.8 Å². The monoisotopic (exact) mass is 434 g/mol. The highest BCUT2D eigenvalue weighted by Crippen LogP contribution is 2.34. The fraction of sp³-hybridized carbons (Fsp3) is 0.179. The number of amides is 1. The molecule has 0 saturated carbocycles. The van der Waals surface area contributed by atoms with Crippen molar-refractivity contribution in [2.24, 2.45) is 0 Å². The number of rotatable bonds is 4. The molecule has 1 aliphatic rings. The van der Waals surface area contributed by atoms with Crippen LogP contribution in [0, 0.1) is 0 Å². The predicted octanol–water partition coefficient (Wildman–Crippen LogP) is 5.58. The molecule has 0 bridgehead atoms. The van der Waals surface area contributed by atoms with Crippen molar-refractivity contribution < 1.29 is 4.79 Å². The minimum absolute atomic E-state index is 0.105. The Morgan fingerprint density at radius 1 is 1.00 bits per heavy atom. The lowest BCUT2D eigenvalue weighted by atomic mass is 9.91. The van der Waals surface area contributed by atoms with Gasteiger partial charge in [0.05, 0.1) is 17.8 Å². The van der Waals surface area contributed by atoms with E-state index in [1.165, 1.54) is 5.56 Å². The summed E-state index contributed by atoms with van der Waals surface area (Å²) in [5, 5.41) is 5.31. The third-order valence-corrected chi connectivity index (χ3v) is 5.87. The maximum Gasteiger partial charge on any atom is 0.230 e. The lowest BCUT2D eigenvalue weighted by Gasteiger charge is -2.20. The molecule has 5 nitrogen and oxygen atoms in total. The van der Waals surface area contributed by atoms with E-state index >= 15 is 0 Å². The van der Waals surface area contributed by atoms with Crippen molar-refractivity contribution in [2.75, 3.05) is 11.1 Å². The molecule has 0 aliphatic heterocycles. The van der Waals surface area contributed by atoms with Gasteiger partial charge in [-0.2, -0.15) is 0 Å². The van der Waals surface area contributed by atoms with Crippen LogP contribution >= 0.6 is 0 Å². The molecule has 0 radical (unpaired) electrons. The molecule has 4 aromatic rings. The van der Waals surface area contributed by atoms with Crippen LogP contribution < -0.4 is 11.1 Å². The average Bonchev–Trinajstić information content (AvgIpc) is 2.79. The number of aryl methyl sites for hydroxylation is 2. The summed E-state index contributed by atoms with van der Waals surface area (Å²) in [6.07, 6.45) is 3.86. The highest BCUT2D eigenvalue weighted by atomic mass is 16.1. The highest BCUT2D eigenvalue weighted by Gasteiger charge is 2.22. The second kappa shape index (κ2) is 8.51. The first-order valence-electron chi connectivity index (χ1n) is 11.2. The number of nitrogen functional groups attached to an aromatic ring is 1. The maximum atomic E-state index is 12.9. The van der Waals surface area contributed by atoms with Crippen LogP contribution in [0.15, 0.2) is 66.2 Å². The summed E-state index contributed by atoms with van der Waals surface area (Å²) in [7, 11) is 0. The molecule has 0 saturated heterocycles. The Kier molecular flexibility index (Phi) is 5.38. The zero-order chi connectivity index (χ0) is 22.9. The molecule has 164 valence electrons. The quantitative estimate of drug-likeness (QED) is 0.411. The predicted molar refractivity (Wildman–Crippen MR) is 135 cm³/mol. The molecule has 1 heterocycles. The lowest BCUT2D eigenvalue weighted by Crippen LogP contribution is -2.19. The first-order valence-corrected chi connectivity index (χ1v) is 11.2. The van der Waals surface area contributed by atoms with E-state index in [1.807, 2.05) is 56.3 Å². The zero-order valence-electron chi connectivity index (χ0n) is 18.9. The number of nitrogens with one attached hydrogen (secondary N) is 1. The van der Waals surface area contributed by atoms with Gasteiger partial charge in [0.25, 0.3) is 0 Å². The molecule has 0 spiro atoms. The molecule has 0 atom stereocenters. The summed E-state index contributed by atoms with van der Waals surface area (Å²) in [5.74, 6) is 0.409. The molecule has 0 unspecified atom stereocenters. The number of anilines is 2. The SMILES string of the molecule is CC(C)=Cc1nc2c(nc1NC(=O)Cc1ccc3ccccc3c1)CCc1cc(N)ccc1-2. The van der Waals surface area contributed by atoms with E-state index in [0.717, 1.165) is 57.4 Å². The second-order valence-electron chi connectivity index (χ2n) is 8.80. The Morgan fingerprint density at radius 3 is 2.64 bits per heavy atom. The Hall–Kier alpha value is -3.99. The molecule has 1 aromatic heterocycles. The molecular weight excluding hydrogens is 408 g/mol. The number of carbonyl (C=O) groups excluding carboxylic acids is 1.